The van der Waals surface area contributed by atoms with Gasteiger partial charge in [-0.2, -0.15) is 0 Å². The molecule has 0 aromatic heterocycles. The van der Waals surface area contributed by atoms with E-state index in [9.17, 15) is 9.18 Å². The van der Waals surface area contributed by atoms with E-state index in [2.05, 4.69) is 5.32 Å². The Kier molecular flexibility index (Phi) is 4.75. The number of ether oxygens (including phenoxy) is 1. The van der Waals surface area contributed by atoms with E-state index >= 15 is 0 Å². The van der Waals surface area contributed by atoms with Crippen molar-refractivity contribution in [3.63, 3.8) is 0 Å². The standard InChI is InChI=1S/C14H21FN2O2/c1-5-14(3,4)17-13(18)9(2)19-12-7-6-10(16)8-11(12)15/h6-9H,5,16H2,1-4H3,(H,17,18). The van der Waals surface area contributed by atoms with Gasteiger partial charge in [0.15, 0.2) is 17.7 Å². The number of nitrogens with one attached hydrogen (secondary N) is 1. The first kappa shape index (κ1) is 15.3. The van der Waals surface area contributed by atoms with E-state index in [4.69, 9.17) is 10.5 Å². The van der Waals surface area contributed by atoms with Crippen LogP contribution < -0.4 is 15.8 Å². The number of anilines is 1. The molecule has 0 fully saturated rings. The monoisotopic (exact) mass is 268 g/mol. The van der Waals surface area contributed by atoms with Crippen molar-refractivity contribution in [2.24, 2.45) is 0 Å². The third-order valence-corrected chi connectivity index (χ3v) is 2.97. The van der Waals surface area contributed by atoms with Crippen molar-refractivity contribution in [3.05, 3.63) is 24.0 Å². The second-order valence-electron chi connectivity index (χ2n) is 5.18. The molecule has 0 spiro atoms. The molecule has 1 aromatic carbocycles. The zero-order valence-corrected chi connectivity index (χ0v) is 11.8. The Hall–Kier alpha value is -1.78. The first-order chi connectivity index (χ1) is 8.75. The lowest BCUT2D eigenvalue weighted by Gasteiger charge is -2.26. The number of benzene rings is 1. The van der Waals surface area contributed by atoms with E-state index in [1.165, 1.54) is 12.1 Å². The lowest BCUT2D eigenvalue weighted by Crippen LogP contribution is -2.48. The van der Waals surface area contributed by atoms with Crippen molar-refractivity contribution in [3.8, 4) is 5.75 Å². The van der Waals surface area contributed by atoms with Gasteiger partial charge < -0.3 is 15.8 Å². The third kappa shape index (κ3) is 4.43. The van der Waals surface area contributed by atoms with Crippen LogP contribution in [0.25, 0.3) is 0 Å². The second kappa shape index (κ2) is 5.91. The van der Waals surface area contributed by atoms with Gasteiger partial charge in [0.1, 0.15) is 0 Å². The Balaban J connectivity index is 2.69. The highest BCUT2D eigenvalue weighted by Gasteiger charge is 2.23. The van der Waals surface area contributed by atoms with Gasteiger partial charge in [0.2, 0.25) is 0 Å². The van der Waals surface area contributed by atoms with Gasteiger partial charge in [0.25, 0.3) is 5.91 Å². The summed E-state index contributed by atoms with van der Waals surface area (Å²) in [6.07, 6.45) is 0.0192. The molecule has 1 atom stereocenters. The fraction of sp³-hybridized carbons (Fsp3) is 0.500. The minimum absolute atomic E-state index is 0.0196. The molecule has 0 bridgehead atoms. The maximum Gasteiger partial charge on any atom is 0.261 e. The fourth-order valence-electron chi connectivity index (χ4n) is 1.38. The largest absolute Gasteiger partial charge is 0.478 e. The first-order valence-electron chi connectivity index (χ1n) is 6.29. The van der Waals surface area contributed by atoms with Crippen molar-refractivity contribution in [1.29, 1.82) is 0 Å². The fourth-order valence-corrected chi connectivity index (χ4v) is 1.38. The maximum atomic E-state index is 13.5. The number of halogens is 1. The number of nitrogen functional groups attached to an aromatic ring is 1. The van der Waals surface area contributed by atoms with Crippen molar-refractivity contribution in [2.75, 3.05) is 5.73 Å². The number of nitrogens with two attached hydrogens (primary N) is 1. The highest BCUT2D eigenvalue weighted by molar-refractivity contribution is 5.81. The molecule has 0 aliphatic rings. The quantitative estimate of drug-likeness (QED) is 0.806. The van der Waals surface area contributed by atoms with Gasteiger partial charge in [0, 0.05) is 17.3 Å². The van der Waals surface area contributed by atoms with Crippen molar-refractivity contribution < 1.29 is 13.9 Å². The molecular formula is C14H21FN2O2. The third-order valence-electron chi connectivity index (χ3n) is 2.97. The summed E-state index contributed by atoms with van der Waals surface area (Å²) in [5.41, 5.74) is 5.45. The maximum absolute atomic E-state index is 13.5. The molecule has 0 saturated carbocycles. The minimum atomic E-state index is -0.774. The molecule has 1 amide bonds. The van der Waals surface area contributed by atoms with Crippen LogP contribution in [0.5, 0.6) is 5.75 Å². The van der Waals surface area contributed by atoms with Gasteiger partial charge in [-0.15, -0.1) is 0 Å². The zero-order chi connectivity index (χ0) is 14.6. The summed E-state index contributed by atoms with van der Waals surface area (Å²) in [6.45, 7) is 7.39. The summed E-state index contributed by atoms with van der Waals surface area (Å²) in [4.78, 5) is 11.9. The van der Waals surface area contributed by atoms with Crippen molar-refractivity contribution in [1.82, 2.24) is 5.32 Å². The number of rotatable bonds is 5. The average Bonchev–Trinajstić information content (AvgIpc) is 2.32. The van der Waals surface area contributed by atoms with E-state index in [0.29, 0.717) is 5.69 Å². The van der Waals surface area contributed by atoms with E-state index in [-0.39, 0.29) is 17.2 Å². The number of amides is 1. The van der Waals surface area contributed by atoms with Gasteiger partial charge in [0.05, 0.1) is 0 Å². The second-order valence-corrected chi connectivity index (χ2v) is 5.18. The molecule has 0 radical (unpaired) electrons. The van der Waals surface area contributed by atoms with Gasteiger partial charge in [-0.1, -0.05) is 6.92 Å². The van der Waals surface area contributed by atoms with Gasteiger partial charge in [-0.3, -0.25) is 4.79 Å². The zero-order valence-electron chi connectivity index (χ0n) is 11.8. The van der Waals surface area contributed by atoms with Gasteiger partial charge >= 0.3 is 0 Å². The molecular weight excluding hydrogens is 247 g/mol. The number of hydrogen-bond acceptors (Lipinski definition) is 3. The molecule has 0 aliphatic carbocycles. The average molecular weight is 268 g/mol. The van der Waals surface area contributed by atoms with Crippen LogP contribution in [0, 0.1) is 5.82 Å². The molecule has 106 valence electrons. The smallest absolute Gasteiger partial charge is 0.261 e. The summed E-state index contributed by atoms with van der Waals surface area (Å²) in [6, 6.07) is 4.11. The lowest BCUT2D eigenvalue weighted by atomic mass is 10.0. The molecule has 1 unspecified atom stereocenters. The van der Waals surface area contributed by atoms with Crippen LogP contribution in [-0.4, -0.2) is 17.6 Å². The number of carbonyl (C=O) groups is 1. The van der Waals surface area contributed by atoms with Crippen LogP contribution in [0.3, 0.4) is 0 Å². The first-order valence-corrected chi connectivity index (χ1v) is 6.29. The summed E-state index contributed by atoms with van der Waals surface area (Å²) in [5, 5.41) is 2.85. The topological polar surface area (TPSA) is 64.3 Å². The van der Waals surface area contributed by atoms with Crippen LogP contribution in [-0.2, 0) is 4.79 Å². The van der Waals surface area contributed by atoms with Crippen LogP contribution in [0.4, 0.5) is 10.1 Å². The summed E-state index contributed by atoms with van der Waals surface area (Å²) in [5.74, 6) is -0.830. The molecule has 3 N–H and O–H groups in total. The molecule has 1 rings (SSSR count). The predicted molar refractivity (Wildman–Crippen MR) is 73.4 cm³/mol. The molecule has 19 heavy (non-hydrogen) atoms. The molecule has 4 nitrogen and oxygen atoms in total. The number of carbonyl (C=O) groups excluding carboxylic acids is 1. The van der Waals surface area contributed by atoms with Crippen LogP contribution in [0.1, 0.15) is 34.1 Å². The lowest BCUT2D eigenvalue weighted by molar-refractivity contribution is -0.129. The van der Waals surface area contributed by atoms with E-state index in [0.717, 1.165) is 12.5 Å². The molecule has 1 aromatic rings. The van der Waals surface area contributed by atoms with Crippen molar-refractivity contribution >= 4 is 11.6 Å². The molecule has 0 heterocycles. The SMILES string of the molecule is CCC(C)(C)NC(=O)C(C)Oc1ccc(N)cc1F. The highest BCUT2D eigenvalue weighted by Crippen LogP contribution is 2.20. The van der Waals surface area contributed by atoms with Crippen molar-refractivity contribution in [2.45, 2.75) is 45.8 Å². The Morgan fingerprint density at radius 3 is 2.68 bits per heavy atom. The summed E-state index contributed by atoms with van der Waals surface area (Å²) >= 11 is 0. The van der Waals surface area contributed by atoms with Crippen LogP contribution >= 0.6 is 0 Å². The predicted octanol–water partition coefficient (Wildman–Crippen LogP) is 2.48. The summed E-state index contributed by atoms with van der Waals surface area (Å²) in [7, 11) is 0. The minimum Gasteiger partial charge on any atom is -0.478 e. The normalized spacial score (nSPS) is 12.9. The van der Waals surface area contributed by atoms with E-state index in [1.807, 2.05) is 20.8 Å². The Morgan fingerprint density at radius 1 is 1.53 bits per heavy atom. The molecule has 5 heteroatoms. The summed E-state index contributed by atoms with van der Waals surface area (Å²) < 4.78 is 18.9. The molecule has 0 saturated heterocycles. The van der Waals surface area contributed by atoms with Crippen LogP contribution in [0.2, 0.25) is 0 Å². The highest BCUT2D eigenvalue weighted by atomic mass is 19.1. The van der Waals surface area contributed by atoms with Gasteiger partial charge in [-0.05, 0) is 39.3 Å². The Labute approximate surface area is 113 Å². The van der Waals surface area contributed by atoms with Crippen LogP contribution in [0.15, 0.2) is 18.2 Å². The van der Waals surface area contributed by atoms with E-state index < -0.39 is 11.9 Å². The Morgan fingerprint density at radius 2 is 2.16 bits per heavy atom. The molecule has 0 aliphatic heterocycles. The van der Waals surface area contributed by atoms with Gasteiger partial charge in [-0.25, -0.2) is 4.39 Å². The number of hydrogen-bond donors (Lipinski definition) is 2. The van der Waals surface area contributed by atoms with E-state index in [1.54, 1.807) is 6.92 Å². The Bertz CT molecular complexity index is 461.